The highest BCUT2D eigenvalue weighted by Crippen LogP contribution is 2.22. The normalized spacial score (nSPS) is 21.8. The highest BCUT2D eigenvalue weighted by Gasteiger charge is 2.15. The Morgan fingerprint density at radius 3 is 2.67 bits per heavy atom. The molecule has 1 nitrogen and oxygen atoms in total. The Kier molecular flexibility index (Phi) is 6.19. The van der Waals surface area contributed by atoms with Gasteiger partial charge >= 0.3 is 0 Å². The maximum absolute atomic E-state index is 5.77. The Labute approximate surface area is 127 Å². The van der Waals surface area contributed by atoms with Crippen molar-refractivity contribution in [1.82, 2.24) is 0 Å². The van der Waals surface area contributed by atoms with Gasteiger partial charge < -0.3 is 4.74 Å². The molecular formula is C15H20Br2O. The quantitative estimate of drug-likeness (QED) is 0.650. The van der Waals surface area contributed by atoms with Gasteiger partial charge in [0.25, 0.3) is 0 Å². The summed E-state index contributed by atoms with van der Waals surface area (Å²) in [5.74, 6) is 0. The zero-order chi connectivity index (χ0) is 12.8. The summed E-state index contributed by atoms with van der Waals surface area (Å²) in [5, 5.41) is 0. The van der Waals surface area contributed by atoms with Crippen molar-refractivity contribution >= 4 is 31.9 Å². The second kappa shape index (κ2) is 7.66. The third-order valence-electron chi connectivity index (χ3n) is 3.45. The van der Waals surface area contributed by atoms with E-state index < -0.39 is 0 Å². The third kappa shape index (κ3) is 5.02. The zero-order valence-corrected chi connectivity index (χ0v) is 13.8. The van der Waals surface area contributed by atoms with Crippen molar-refractivity contribution in [3.8, 4) is 0 Å². The fourth-order valence-corrected chi connectivity index (χ4v) is 3.28. The summed E-state index contributed by atoms with van der Waals surface area (Å²) in [6.45, 7) is 0.963. The molecule has 0 amide bonds. The summed E-state index contributed by atoms with van der Waals surface area (Å²) < 4.78 is 6.91. The van der Waals surface area contributed by atoms with E-state index in [4.69, 9.17) is 4.74 Å². The minimum atomic E-state index is 0.503. The van der Waals surface area contributed by atoms with E-state index in [-0.39, 0.29) is 0 Å². The monoisotopic (exact) mass is 374 g/mol. The van der Waals surface area contributed by atoms with Gasteiger partial charge in [-0.3, -0.25) is 0 Å². The standard InChI is InChI=1S/C15H20Br2O/c16-13-6-4-12(5-7-13)11-14(17)8-9-15-3-1-2-10-18-15/h4-7,14-15H,1-3,8-11H2. The predicted octanol–water partition coefficient (Wildman–Crippen LogP) is 5.10. The lowest BCUT2D eigenvalue weighted by Crippen LogP contribution is -2.20. The lowest BCUT2D eigenvalue weighted by atomic mass is 10.0. The van der Waals surface area contributed by atoms with Crippen LogP contribution in [0.5, 0.6) is 0 Å². The molecule has 1 aromatic rings. The summed E-state index contributed by atoms with van der Waals surface area (Å²) in [4.78, 5) is 0.559. The molecule has 0 radical (unpaired) electrons. The van der Waals surface area contributed by atoms with Crippen LogP contribution in [0.4, 0.5) is 0 Å². The van der Waals surface area contributed by atoms with Gasteiger partial charge in [-0.2, -0.15) is 0 Å². The number of halogens is 2. The van der Waals surface area contributed by atoms with Crippen LogP contribution >= 0.6 is 31.9 Å². The van der Waals surface area contributed by atoms with E-state index in [9.17, 15) is 0 Å². The van der Waals surface area contributed by atoms with E-state index in [0.29, 0.717) is 10.9 Å². The van der Waals surface area contributed by atoms with Crippen LogP contribution in [0.2, 0.25) is 0 Å². The van der Waals surface area contributed by atoms with E-state index in [1.807, 2.05) is 0 Å². The third-order valence-corrected chi connectivity index (χ3v) is 4.76. The van der Waals surface area contributed by atoms with E-state index in [1.165, 1.54) is 37.7 Å². The van der Waals surface area contributed by atoms with E-state index >= 15 is 0 Å². The molecule has 1 aliphatic rings. The van der Waals surface area contributed by atoms with Crippen LogP contribution in [0.25, 0.3) is 0 Å². The Morgan fingerprint density at radius 2 is 2.00 bits per heavy atom. The average Bonchev–Trinajstić information content (AvgIpc) is 2.40. The molecule has 1 saturated heterocycles. The van der Waals surface area contributed by atoms with Crippen LogP contribution < -0.4 is 0 Å². The van der Waals surface area contributed by atoms with Gasteiger partial charge in [-0.1, -0.05) is 44.0 Å². The molecule has 0 aliphatic carbocycles. The molecule has 2 atom stereocenters. The van der Waals surface area contributed by atoms with Gasteiger partial charge in [0.1, 0.15) is 0 Å². The van der Waals surface area contributed by atoms with Gasteiger partial charge in [-0.25, -0.2) is 0 Å². The van der Waals surface area contributed by atoms with Crippen LogP contribution in [0.3, 0.4) is 0 Å². The van der Waals surface area contributed by atoms with Crippen molar-refractivity contribution < 1.29 is 4.74 Å². The summed E-state index contributed by atoms with van der Waals surface area (Å²) in [5.41, 5.74) is 1.39. The van der Waals surface area contributed by atoms with Crippen molar-refractivity contribution in [3.63, 3.8) is 0 Å². The molecule has 3 heteroatoms. The number of ether oxygens (including phenoxy) is 1. The molecule has 0 bridgehead atoms. The molecule has 2 rings (SSSR count). The van der Waals surface area contributed by atoms with Gasteiger partial charge in [0, 0.05) is 15.9 Å². The maximum Gasteiger partial charge on any atom is 0.0575 e. The molecule has 1 aromatic carbocycles. The molecule has 2 unspecified atom stereocenters. The minimum Gasteiger partial charge on any atom is -0.378 e. The summed E-state index contributed by atoms with van der Waals surface area (Å²) in [7, 11) is 0. The first kappa shape index (κ1) is 14.5. The fraction of sp³-hybridized carbons (Fsp3) is 0.600. The Morgan fingerprint density at radius 1 is 1.22 bits per heavy atom. The van der Waals surface area contributed by atoms with Crippen molar-refractivity contribution in [1.29, 1.82) is 0 Å². The van der Waals surface area contributed by atoms with Crippen molar-refractivity contribution in [2.24, 2.45) is 0 Å². The molecule has 0 spiro atoms. The van der Waals surface area contributed by atoms with Gasteiger partial charge in [0.05, 0.1) is 6.10 Å². The SMILES string of the molecule is Brc1ccc(CC(Br)CCC2CCCCO2)cc1. The van der Waals surface area contributed by atoms with Crippen LogP contribution in [0.15, 0.2) is 28.7 Å². The average molecular weight is 376 g/mol. The highest BCUT2D eigenvalue weighted by atomic mass is 79.9. The highest BCUT2D eigenvalue weighted by molar-refractivity contribution is 9.10. The number of alkyl halides is 1. The van der Waals surface area contributed by atoms with Crippen molar-refractivity contribution in [3.05, 3.63) is 34.3 Å². The first-order valence-electron chi connectivity index (χ1n) is 6.74. The number of hydrogen-bond donors (Lipinski definition) is 0. The van der Waals surface area contributed by atoms with Crippen LogP contribution in [0, 0.1) is 0 Å². The molecule has 0 aromatic heterocycles. The first-order chi connectivity index (χ1) is 8.74. The van der Waals surface area contributed by atoms with Gasteiger partial charge in [-0.05, 0) is 56.2 Å². The molecule has 100 valence electrons. The molecule has 0 saturated carbocycles. The second-order valence-electron chi connectivity index (χ2n) is 4.99. The molecule has 1 fully saturated rings. The number of benzene rings is 1. The van der Waals surface area contributed by atoms with Crippen molar-refractivity contribution in [2.75, 3.05) is 6.61 Å². The Bertz CT molecular complexity index is 344. The van der Waals surface area contributed by atoms with E-state index in [0.717, 1.165) is 17.5 Å². The maximum atomic E-state index is 5.77. The second-order valence-corrected chi connectivity index (χ2v) is 7.20. The molecular weight excluding hydrogens is 356 g/mol. The smallest absolute Gasteiger partial charge is 0.0575 e. The predicted molar refractivity (Wildman–Crippen MR) is 83.4 cm³/mol. The van der Waals surface area contributed by atoms with E-state index in [1.54, 1.807) is 0 Å². The Balaban J connectivity index is 1.71. The Hall–Kier alpha value is 0.140. The minimum absolute atomic E-state index is 0.503. The van der Waals surface area contributed by atoms with Crippen molar-refractivity contribution in [2.45, 2.75) is 49.5 Å². The molecule has 1 heterocycles. The first-order valence-corrected chi connectivity index (χ1v) is 8.45. The number of rotatable bonds is 5. The van der Waals surface area contributed by atoms with E-state index in [2.05, 4.69) is 56.1 Å². The summed E-state index contributed by atoms with van der Waals surface area (Å²) in [6.07, 6.45) is 7.81. The lowest BCUT2D eigenvalue weighted by Gasteiger charge is -2.23. The molecule has 18 heavy (non-hydrogen) atoms. The van der Waals surface area contributed by atoms with Gasteiger partial charge in [-0.15, -0.1) is 0 Å². The number of hydrogen-bond acceptors (Lipinski definition) is 1. The topological polar surface area (TPSA) is 9.23 Å². The largest absolute Gasteiger partial charge is 0.378 e. The van der Waals surface area contributed by atoms with Crippen LogP contribution in [-0.4, -0.2) is 17.5 Å². The summed E-state index contributed by atoms with van der Waals surface area (Å²) >= 11 is 7.26. The van der Waals surface area contributed by atoms with Crippen LogP contribution in [-0.2, 0) is 11.2 Å². The van der Waals surface area contributed by atoms with Gasteiger partial charge in [0.15, 0.2) is 0 Å². The molecule has 0 N–H and O–H groups in total. The molecule has 1 aliphatic heterocycles. The zero-order valence-electron chi connectivity index (χ0n) is 10.6. The van der Waals surface area contributed by atoms with Gasteiger partial charge in [0.2, 0.25) is 0 Å². The van der Waals surface area contributed by atoms with Crippen LogP contribution in [0.1, 0.15) is 37.7 Å². The fourth-order valence-electron chi connectivity index (χ4n) is 2.38. The summed E-state index contributed by atoms with van der Waals surface area (Å²) in [6, 6.07) is 8.60. The lowest BCUT2D eigenvalue weighted by molar-refractivity contribution is 0.0102.